The van der Waals surface area contributed by atoms with Gasteiger partial charge in [-0.25, -0.2) is 0 Å². The van der Waals surface area contributed by atoms with Crippen molar-refractivity contribution in [3.05, 3.63) is 209 Å². The number of rotatable bonds is 17. The minimum absolute atomic E-state index is 0.0462. The number of aromatic amines is 1. The van der Waals surface area contributed by atoms with Crippen LogP contribution < -0.4 is 48.5 Å². The minimum Gasteiger partial charge on any atom is -0.506 e. The molecule has 87 heavy (non-hydrogen) atoms. The highest BCUT2D eigenvalue weighted by Crippen LogP contribution is 2.31. The van der Waals surface area contributed by atoms with Crippen LogP contribution in [0.5, 0.6) is 51.7 Å². The highest BCUT2D eigenvalue weighted by molar-refractivity contribution is 7.71. The number of oxazole rings is 3. The Morgan fingerprint density at radius 1 is 0.540 bits per heavy atom. The van der Waals surface area contributed by atoms with E-state index in [9.17, 15) is 5.11 Å². The number of ether oxygens (including phenoxy) is 8. The van der Waals surface area contributed by atoms with Gasteiger partial charge in [0, 0.05) is 37.0 Å². The van der Waals surface area contributed by atoms with E-state index >= 15 is 0 Å². The highest BCUT2D eigenvalue weighted by atomic mass is 35.5. The fourth-order valence-corrected chi connectivity index (χ4v) is 8.72. The van der Waals surface area contributed by atoms with Crippen molar-refractivity contribution in [2.24, 2.45) is 0 Å². The molecule has 0 saturated heterocycles. The van der Waals surface area contributed by atoms with Gasteiger partial charge in [-0.2, -0.15) is 9.97 Å². The number of H-pyrrole nitrogens is 1. The molecule has 4 aromatic carbocycles. The summed E-state index contributed by atoms with van der Waals surface area (Å²) < 4.78 is 59.4. The average molecular weight is 1210 g/mol. The van der Waals surface area contributed by atoms with Gasteiger partial charge >= 0.3 is 0 Å². The molecule has 0 saturated carbocycles. The van der Waals surface area contributed by atoms with Crippen LogP contribution in [0.4, 0.5) is 11.7 Å². The zero-order valence-corrected chi connectivity index (χ0v) is 49.0. The van der Waals surface area contributed by atoms with Crippen LogP contribution in [0.2, 0.25) is 5.35 Å². The van der Waals surface area contributed by atoms with Crippen LogP contribution in [0.3, 0.4) is 0 Å². The molecular formula is C63H57ClN10O12S. The number of benzene rings is 4. The van der Waals surface area contributed by atoms with E-state index in [-0.39, 0.29) is 16.8 Å². The Morgan fingerprint density at radius 3 is 1.49 bits per heavy atom. The summed E-state index contributed by atoms with van der Waals surface area (Å²) in [5, 5.41) is 9.40. The van der Waals surface area contributed by atoms with E-state index in [1.807, 2.05) is 97.2 Å². The Bertz CT molecular complexity index is 4240. The van der Waals surface area contributed by atoms with E-state index in [0.29, 0.717) is 83.5 Å². The summed E-state index contributed by atoms with van der Waals surface area (Å²) in [6.07, 6.45) is 9.39. The first kappa shape index (κ1) is 59.5. The van der Waals surface area contributed by atoms with E-state index in [1.165, 1.54) is 11.6 Å². The third kappa shape index (κ3) is 16.4. The van der Waals surface area contributed by atoms with Crippen molar-refractivity contribution in [3.63, 3.8) is 0 Å². The topological polar surface area (TPSA) is 269 Å². The van der Waals surface area contributed by atoms with Crippen molar-refractivity contribution in [2.75, 3.05) is 45.6 Å². The number of methoxy groups -OCH3 is 4. The maximum absolute atomic E-state index is 9.28. The molecule has 9 heterocycles. The summed E-state index contributed by atoms with van der Waals surface area (Å²) in [6.45, 7) is 3.01. The van der Waals surface area contributed by atoms with Crippen LogP contribution in [0.25, 0.3) is 33.3 Å². The van der Waals surface area contributed by atoms with Gasteiger partial charge in [0.25, 0.3) is 16.2 Å². The number of aromatic hydroxyl groups is 1. The molecule has 0 radical (unpaired) electrons. The van der Waals surface area contributed by atoms with Crippen molar-refractivity contribution >= 4 is 68.8 Å². The Balaban J connectivity index is 0.000000131. The summed E-state index contributed by atoms with van der Waals surface area (Å²) in [4.78, 5) is 35.6. The van der Waals surface area contributed by atoms with Crippen molar-refractivity contribution in [2.45, 2.75) is 39.4 Å². The molecule has 1 aliphatic heterocycles. The second-order valence-corrected chi connectivity index (χ2v) is 19.5. The number of nitrogens with zero attached hydrogens (tertiary/aromatic N) is 8. The number of hydrogen-bond donors (Lipinski definition) is 3. The highest BCUT2D eigenvalue weighted by Gasteiger charge is 2.22. The quantitative estimate of drug-likeness (QED) is 0.0434. The largest absolute Gasteiger partial charge is 0.506 e. The van der Waals surface area contributed by atoms with Crippen molar-refractivity contribution in [1.82, 2.24) is 39.9 Å². The molecule has 4 N–H and O–H groups in total. The Labute approximate surface area is 508 Å². The zero-order valence-electron chi connectivity index (χ0n) is 47.4. The average Bonchev–Trinajstić information content (AvgIpc) is 3.43. The summed E-state index contributed by atoms with van der Waals surface area (Å²) in [6, 6.07) is 40.7. The van der Waals surface area contributed by atoms with Crippen LogP contribution in [-0.2, 0) is 39.4 Å². The van der Waals surface area contributed by atoms with Crippen LogP contribution >= 0.6 is 23.8 Å². The van der Waals surface area contributed by atoms with Crippen molar-refractivity contribution < 1.29 is 56.3 Å². The van der Waals surface area contributed by atoms with E-state index in [4.69, 9.17) is 80.7 Å². The van der Waals surface area contributed by atoms with E-state index in [0.717, 1.165) is 81.0 Å². The molecule has 0 amide bonds. The zero-order chi connectivity index (χ0) is 60.5. The molecule has 1 aliphatic rings. The molecular weight excluding hydrogens is 1160 g/mol. The number of halogens is 1. The molecule has 0 fully saturated rings. The van der Waals surface area contributed by atoms with E-state index in [1.54, 1.807) is 83.6 Å². The van der Waals surface area contributed by atoms with Crippen LogP contribution in [0, 0.1) is 4.84 Å². The summed E-state index contributed by atoms with van der Waals surface area (Å²) in [5.41, 5.74) is 15.8. The summed E-state index contributed by atoms with van der Waals surface area (Å²) in [5.74, 6) is 5.62. The van der Waals surface area contributed by atoms with Crippen molar-refractivity contribution in [3.8, 4) is 51.7 Å². The van der Waals surface area contributed by atoms with Gasteiger partial charge in [-0.15, -0.1) is 0 Å². The van der Waals surface area contributed by atoms with Gasteiger partial charge in [-0.3, -0.25) is 24.9 Å². The first-order valence-electron chi connectivity index (χ1n) is 26.8. The normalized spacial score (nSPS) is 11.4. The smallest absolute Gasteiger partial charge is 0.298 e. The lowest BCUT2D eigenvalue weighted by molar-refractivity contribution is 0.300. The third-order valence-electron chi connectivity index (χ3n) is 13.0. The molecule has 0 aliphatic carbocycles. The molecule has 0 atom stereocenters. The van der Waals surface area contributed by atoms with Crippen LogP contribution in [-0.4, -0.2) is 80.0 Å². The standard InChI is InChI=1S/C22H20N4O3.C14H11ClN2O3.C14H12N2O3S.C13H14N2O3/c1-27-18-5-4-16(24-12-18)14-28-17-6-7-21-19(11-17)25-22(29-21)26-10-8-15-3-2-9-23-20(15)13-26;1-18-11-3-2-9(16-7-11)8-19-10-4-5-13-12(6-10)17-14(15)20-13;1-17-11-3-2-9(15-7-11)8-18-10-4-5-13-12(6-10)16-14(20)19-13;1-17-11-3-2-9(15-7-11)8-18-10-4-5-13(16)12(14)6-10/h2-7,9,11-12H,8,10,13-14H2,1H3;2-7H,8H2,1H3;2-7H,8H2,1H3,(H,16,20);2-7,16H,8,14H2,1H3. The fourth-order valence-electron chi connectivity index (χ4n) is 8.35. The number of nitrogens with two attached hydrogens (primary N) is 1. The number of anilines is 2. The summed E-state index contributed by atoms with van der Waals surface area (Å²) in [7, 11) is 6.42. The fraction of sp³-hybridized carbons (Fsp3) is 0.175. The second kappa shape index (κ2) is 28.8. The number of phenolic OH excluding ortho intramolecular Hbond substituents is 1. The SMILES string of the molecule is COc1ccc(COc2ccc(O)c(N)c2)nc1.COc1ccc(COc2ccc3oc(=S)[nH]c3c2)nc1.COc1ccc(COc2ccc3oc(Cl)nc3c2)nc1.COc1ccc(COc2ccc3oc(N4CCc5cccnc5C4)nc3c2)nc1. The maximum Gasteiger partial charge on any atom is 0.298 e. The molecule has 22 nitrogen and oxygen atoms in total. The number of nitrogen functional groups attached to an aromatic ring is 1. The summed E-state index contributed by atoms with van der Waals surface area (Å²) >= 11 is 10.6. The van der Waals surface area contributed by atoms with E-state index < -0.39 is 0 Å². The lowest BCUT2D eigenvalue weighted by Gasteiger charge is -2.26. The van der Waals surface area contributed by atoms with Crippen molar-refractivity contribution in [1.29, 1.82) is 0 Å². The van der Waals surface area contributed by atoms with Gasteiger partial charge < -0.3 is 71.9 Å². The van der Waals surface area contributed by atoms with Gasteiger partial charge in [-0.05, 0) is 139 Å². The monoisotopic (exact) mass is 1210 g/mol. The minimum atomic E-state index is 0.0462. The van der Waals surface area contributed by atoms with Gasteiger partial charge in [0.2, 0.25) is 0 Å². The Hall–Kier alpha value is -10.7. The Morgan fingerprint density at radius 2 is 1.00 bits per heavy atom. The molecule has 24 heteroatoms. The van der Waals surface area contributed by atoms with Gasteiger partial charge in [0.05, 0.1) is 99.4 Å². The number of pyridine rings is 5. The van der Waals surface area contributed by atoms with Gasteiger partial charge in [-0.1, -0.05) is 6.07 Å². The molecule has 12 aromatic rings. The predicted molar refractivity (Wildman–Crippen MR) is 326 cm³/mol. The molecule has 0 unspecified atom stereocenters. The first-order chi connectivity index (χ1) is 42.4. The first-order valence-corrected chi connectivity index (χ1v) is 27.6. The molecule has 0 spiro atoms. The lowest BCUT2D eigenvalue weighted by atomic mass is 10.1. The lowest BCUT2D eigenvalue weighted by Crippen LogP contribution is -2.31. The number of hydrogen-bond acceptors (Lipinski definition) is 22. The molecule has 444 valence electrons. The Kier molecular flexibility index (Phi) is 19.7. The number of fused-ring (bicyclic) bond motifs is 4. The number of nitrogens with one attached hydrogen (secondary N) is 1. The predicted octanol–water partition coefficient (Wildman–Crippen LogP) is 12.7. The maximum atomic E-state index is 9.28. The van der Waals surface area contributed by atoms with Gasteiger partial charge in [0.15, 0.2) is 16.7 Å². The number of aromatic nitrogens is 8. The molecule has 0 bridgehead atoms. The number of phenols is 1. The van der Waals surface area contributed by atoms with Gasteiger partial charge in [0.1, 0.15) is 89.2 Å². The second-order valence-electron chi connectivity index (χ2n) is 18.8. The van der Waals surface area contributed by atoms with Crippen LogP contribution in [0.15, 0.2) is 178 Å². The third-order valence-corrected chi connectivity index (χ3v) is 13.3. The molecule has 8 aromatic heterocycles. The van der Waals surface area contributed by atoms with Crippen LogP contribution in [0.1, 0.15) is 34.0 Å². The molecule has 13 rings (SSSR count). The van der Waals surface area contributed by atoms with E-state index in [2.05, 4.69) is 50.8 Å².